The van der Waals surface area contributed by atoms with E-state index in [9.17, 15) is 9.65 Å². The van der Waals surface area contributed by atoms with Gasteiger partial charge in [0.2, 0.25) is 0 Å². The topological polar surface area (TPSA) is 54.3 Å². The Morgan fingerprint density at radius 2 is 1.82 bits per heavy atom. The molecule has 1 saturated heterocycles. The Morgan fingerprint density at radius 3 is 2.44 bits per heavy atom. The number of halogens is 2. The third-order valence-corrected chi connectivity index (χ3v) is 6.65. The summed E-state index contributed by atoms with van der Waals surface area (Å²) < 4.78 is 13.6. The third kappa shape index (κ3) is 8.97. The second-order valence-corrected chi connectivity index (χ2v) is 9.07. The van der Waals surface area contributed by atoms with Crippen LogP contribution in [-0.4, -0.2) is 44.2 Å². The lowest BCUT2D eigenvalue weighted by molar-refractivity contribution is 0.337. The molecule has 1 heterocycles. The van der Waals surface area contributed by atoms with Crippen LogP contribution in [0.3, 0.4) is 0 Å². The fourth-order valence-electron chi connectivity index (χ4n) is 4.34. The molecule has 5 nitrogen and oxygen atoms in total. The van der Waals surface area contributed by atoms with Crippen LogP contribution in [0.1, 0.15) is 25.8 Å². The first-order valence-corrected chi connectivity index (χ1v) is 13.5. The van der Waals surface area contributed by atoms with Crippen molar-refractivity contribution in [2.24, 2.45) is 0 Å². The summed E-state index contributed by atoms with van der Waals surface area (Å²) in [5.74, 6) is 0.222. The molecule has 7 heteroatoms. The lowest BCUT2D eigenvalue weighted by atomic mass is 10.0. The largest absolute Gasteiger partial charge is 0.342 e. The van der Waals surface area contributed by atoms with Crippen molar-refractivity contribution in [1.82, 2.24) is 10.2 Å². The van der Waals surface area contributed by atoms with Gasteiger partial charge in [0.05, 0.1) is 16.7 Å². The average molecular weight is 548 g/mol. The van der Waals surface area contributed by atoms with Gasteiger partial charge in [-0.1, -0.05) is 56.3 Å². The fourth-order valence-corrected chi connectivity index (χ4v) is 4.52. The predicted molar refractivity (Wildman–Crippen MR) is 165 cm³/mol. The SMILES string of the molecule is C=C.C=C(Nc1ccc(F)c(Cl)c1)N(CCN1CCC(NC)C1)c1ccc(-c2cccc(C#N)c2)cc1.CC. The minimum atomic E-state index is -0.455. The van der Waals surface area contributed by atoms with Crippen LogP contribution in [0, 0.1) is 17.1 Å². The zero-order valence-electron chi connectivity index (χ0n) is 23.2. The van der Waals surface area contributed by atoms with E-state index in [1.54, 1.807) is 18.2 Å². The zero-order chi connectivity index (χ0) is 28.8. The molecule has 0 saturated carbocycles. The van der Waals surface area contributed by atoms with Gasteiger partial charge in [-0.2, -0.15) is 5.26 Å². The Balaban J connectivity index is 0.00000127. The fraction of sp³-hybridized carbons (Fsp3) is 0.281. The monoisotopic (exact) mass is 547 g/mol. The molecule has 0 amide bonds. The molecule has 1 fully saturated rings. The Hall–Kier alpha value is -3.63. The van der Waals surface area contributed by atoms with E-state index < -0.39 is 5.82 Å². The number of nitrogens with zero attached hydrogens (tertiary/aromatic N) is 3. The van der Waals surface area contributed by atoms with E-state index in [0.29, 0.717) is 23.1 Å². The van der Waals surface area contributed by atoms with Gasteiger partial charge in [-0.15, -0.1) is 13.2 Å². The van der Waals surface area contributed by atoms with Crippen molar-refractivity contribution in [2.75, 3.05) is 43.4 Å². The van der Waals surface area contributed by atoms with Crippen molar-refractivity contribution in [3.63, 3.8) is 0 Å². The Morgan fingerprint density at radius 1 is 1.10 bits per heavy atom. The van der Waals surface area contributed by atoms with Crippen molar-refractivity contribution in [3.8, 4) is 17.2 Å². The van der Waals surface area contributed by atoms with E-state index in [4.69, 9.17) is 11.6 Å². The summed E-state index contributed by atoms with van der Waals surface area (Å²) in [7, 11) is 2.01. The minimum absolute atomic E-state index is 0.0634. The molecule has 39 heavy (non-hydrogen) atoms. The summed E-state index contributed by atoms with van der Waals surface area (Å²) in [6.07, 6.45) is 1.14. The molecule has 0 aliphatic carbocycles. The van der Waals surface area contributed by atoms with Crippen LogP contribution in [0.15, 0.2) is 92.3 Å². The first kappa shape index (κ1) is 31.6. The van der Waals surface area contributed by atoms with Crippen LogP contribution in [0.5, 0.6) is 0 Å². The molecule has 1 unspecified atom stereocenters. The molecule has 1 atom stereocenters. The van der Waals surface area contributed by atoms with Gasteiger partial charge >= 0.3 is 0 Å². The van der Waals surface area contributed by atoms with E-state index in [2.05, 4.69) is 58.4 Å². The third-order valence-electron chi connectivity index (χ3n) is 6.36. The Bertz CT molecular complexity index is 1240. The molecule has 3 aromatic rings. The minimum Gasteiger partial charge on any atom is -0.342 e. The van der Waals surface area contributed by atoms with Crippen LogP contribution in [0.2, 0.25) is 5.02 Å². The average Bonchev–Trinajstić information content (AvgIpc) is 3.46. The van der Waals surface area contributed by atoms with Crippen molar-refractivity contribution in [3.05, 3.63) is 109 Å². The highest BCUT2D eigenvalue weighted by molar-refractivity contribution is 6.31. The summed E-state index contributed by atoms with van der Waals surface area (Å²) in [6, 6.07) is 23.0. The summed E-state index contributed by atoms with van der Waals surface area (Å²) in [5, 5.41) is 15.9. The van der Waals surface area contributed by atoms with Crippen molar-refractivity contribution >= 4 is 23.0 Å². The normalized spacial score (nSPS) is 14.2. The summed E-state index contributed by atoms with van der Waals surface area (Å²) in [6.45, 7) is 18.0. The van der Waals surface area contributed by atoms with Crippen LogP contribution < -0.4 is 15.5 Å². The Labute approximate surface area is 238 Å². The van der Waals surface area contributed by atoms with Crippen molar-refractivity contribution in [2.45, 2.75) is 26.3 Å². The Kier molecular flexibility index (Phi) is 13.2. The van der Waals surface area contributed by atoms with Gasteiger partial charge < -0.3 is 15.5 Å². The van der Waals surface area contributed by atoms with Crippen LogP contribution in [0.4, 0.5) is 15.8 Å². The van der Waals surface area contributed by atoms with Gasteiger partial charge in [-0.3, -0.25) is 4.90 Å². The number of likely N-dealkylation sites (N-methyl/N-ethyl adjacent to an activating group) is 1. The predicted octanol–water partition coefficient (Wildman–Crippen LogP) is 7.53. The highest BCUT2D eigenvalue weighted by Crippen LogP contribution is 2.27. The first-order valence-electron chi connectivity index (χ1n) is 13.2. The number of hydrogen-bond donors (Lipinski definition) is 2. The summed E-state index contributed by atoms with van der Waals surface area (Å²) >= 11 is 5.97. The number of nitrogens with one attached hydrogen (secondary N) is 2. The molecule has 1 aliphatic heterocycles. The van der Waals surface area contributed by atoms with Crippen molar-refractivity contribution < 1.29 is 4.39 Å². The van der Waals surface area contributed by atoms with Gasteiger partial charge in [-0.05, 0) is 73.6 Å². The maximum absolute atomic E-state index is 13.6. The van der Waals surface area contributed by atoms with Gasteiger partial charge in [-0.25, -0.2) is 4.39 Å². The highest BCUT2D eigenvalue weighted by Gasteiger charge is 2.22. The van der Waals surface area contributed by atoms with Gasteiger partial charge in [0, 0.05) is 37.1 Å². The molecule has 2 N–H and O–H groups in total. The highest BCUT2D eigenvalue weighted by atomic mass is 35.5. The summed E-state index contributed by atoms with van der Waals surface area (Å²) in [4.78, 5) is 4.57. The second-order valence-electron chi connectivity index (χ2n) is 8.67. The standard InChI is InChI=1S/C28H29ClFN5.C2H6.C2H4/c1-20(33-24-8-11-28(30)27(29)17-24)35(15-14-34-13-12-25(19-34)32-2)26-9-6-22(7-10-26)23-5-3-4-21(16-23)18-31;2*1-2/h3-11,16-17,25,32-33H,1,12-15,19H2,2H3;1-2H3;1-2H2. The molecular weight excluding hydrogens is 509 g/mol. The van der Waals surface area contributed by atoms with E-state index >= 15 is 0 Å². The van der Waals surface area contributed by atoms with E-state index in [0.717, 1.165) is 49.4 Å². The van der Waals surface area contributed by atoms with E-state index in [1.807, 2.05) is 51.2 Å². The van der Waals surface area contributed by atoms with E-state index in [1.165, 1.54) is 6.07 Å². The quantitative estimate of drug-likeness (QED) is 0.271. The van der Waals surface area contributed by atoms with Crippen molar-refractivity contribution in [1.29, 1.82) is 5.26 Å². The molecule has 0 bridgehead atoms. The number of nitriles is 1. The van der Waals surface area contributed by atoms with Crippen LogP contribution in [0.25, 0.3) is 11.1 Å². The van der Waals surface area contributed by atoms with Crippen LogP contribution in [-0.2, 0) is 0 Å². The number of anilines is 2. The summed E-state index contributed by atoms with van der Waals surface area (Å²) in [5.41, 5.74) is 4.32. The van der Waals surface area contributed by atoms with Gasteiger partial charge in [0.15, 0.2) is 0 Å². The molecule has 0 aromatic heterocycles. The molecular formula is C32H39ClFN5. The lowest BCUT2D eigenvalue weighted by Crippen LogP contribution is -2.37. The lowest BCUT2D eigenvalue weighted by Gasteiger charge is -2.30. The molecule has 1 aliphatic rings. The number of rotatable bonds is 9. The molecule has 206 valence electrons. The molecule has 3 aromatic carbocycles. The number of benzene rings is 3. The van der Waals surface area contributed by atoms with E-state index in [-0.39, 0.29) is 5.02 Å². The maximum atomic E-state index is 13.6. The number of hydrogen-bond acceptors (Lipinski definition) is 5. The maximum Gasteiger partial charge on any atom is 0.141 e. The zero-order valence-corrected chi connectivity index (χ0v) is 23.9. The molecule has 4 rings (SSSR count). The molecule has 0 spiro atoms. The smallest absolute Gasteiger partial charge is 0.141 e. The second kappa shape index (κ2) is 16.4. The van der Waals surface area contributed by atoms with Gasteiger partial charge in [0.1, 0.15) is 11.6 Å². The van der Waals surface area contributed by atoms with Gasteiger partial charge in [0.25, 0.3) is 0 Å². The molecule has 0 radical (unpaired) electrons. The van der Waals surface area contributed by atoms with Crippen LogP contribution >= 0.6 is 11.6 Å². The first-order chi connectivity index (χ1) is 19.0. The number of likely N-dealkylation sites (tertiary alicyclic amines) is 1.